The van der Waals surface area contributed by atoms with Gasteiger partial charge in [-0.2, -0.15) is 0 Å². The molecule has 1 aromatic carbocycles. The molecule has 1 heterocycles. The maximum Gasteiger partial charge on any atom is 0.270 e. The van der Waals surface area contributed by atoms with Crippen molar-refractivity contribution in [1.29, 1.82) is 0 Å². The van der Waals surface area contributed by atoms with E-state index < -0.39 is 10.8 Å². The van der Waals surface area contributed by atoms with Crippen molar-refractivity contribution in [3.05, 3.63) is 62.4 Å². The van der Waals surface area contributed by atoms with E-state index in [1.54, 1.807) is 26.0 Å². The number of carbonyl (C=O) groups is 1. The van der Waals surface area contributed by atoms with Gasteiger partial charge in [0, 0.05) is 17.7 Å². The Hall–Kier alpha value is -2.47. The molecular weight excluding hydrogens is 294 g/mol. The summed E-state index contributed by atoms with van der Waals surface area (Å²) in [6.07, 6.45) is 1.43. The SMILES string of the molecule is Cc1cc(C(=O)Nc2cnc(Cl)c(C)c2)cc([N+](=O)[O-])c1. The molecule has 0 saturated heterocycles. The van der Waals surface area contributed by atoms with E-state index in [9.17, 15) is 14.9 Å². The number of nitro groups is 1. The van der Waals surface area contributed by atoms with Gasteiger partial charge in [0.25, 0.3) is 11.6 Å². The molecule has 0 spiro atoms. The Bertz CT molecular complexity index is 731. The number of carbonyl (C=O) groups excluding carboxylic acids is 1. The Morgan fingerprint density at radius 2 is 2.00 bits per heavy atom. The van der Waals surface area contributed by atoms with Gasteiger partial charge in [0.05, 0.1) is 16.8 Å². The second-order valence-electron chi connectivity index (χ2n) is 4.60. The number of nitro benzene ring substituents is 1. The topological polar surface area (TPSA) is 85.1 Å². The third-order valence-electron chi connectivity index (χ3n) is 2.81. The Kier molecular flexibility index (Phi) is 4.18. The fraction of sp³-hybridized carbons (Fsp3) is 0.143. The van der Waals surface area contributed by atoms with E-state index in [1.165, 1.54) is 18.3 Å². The standard InChI is InChI=1S/C14H12ClN3O3/c1-8-3-10(6-12(4-8)18(20)21)14(19)17-11-5-9(2)13(15)16-7-11/h3-7H,1-2H3,(H,17,19). The molecule has 0 aliphatic carbocycles. The van der Waals surface area contributed by atoms with Gasteiger partial charge in [-0.3, -0.25) is 14.9 Å². The molecule has 7 heteroatoms. The summed E-state index contributed by atoms with van der Waals surface area (Å²) in [5.41, 5.74) is 1.94. The number of hydrogen-bond donors (Lipinski definition) is 1. The molecule has 0 saturated carbocycles. The average molecular weight is 306 g/mol. The van der Waals surface area contributed by atoms with Crippen LogP contribution in [0, 0.1) is 24.0 Å². The highest BCUT2D eigenvalue weighted by molar-refractivity contribution is 6.30. The number of nitrogens with zero attached hydrogens (tertiary/aromatic N) is 2. The molecular formula is C14H12ClN3O3. The Labute approximate surface area is 125 Å². The summed E-state index contributed by atoms with van der Waals surface area (Å²) in [7, 11) is 0. The number of aryl methyl sites for hydroxylation is 2. The van der Waals surface area contributed by atoms with Gasteiger partial charge in [-0.15, -0.1) is 0 Å². The number of halogens is 1. The van der Waals surface area contributed by atoms with Crippen LogP contribution in [0.2, 0.25) is 5.15 Å². The summed E-state index contributed by atoms with van der Waals surface area (Å²) in [6, 6.07) is 5.90. The van der Waals surface area contributed by atoms with Crippen molar-refractivity contribution < 1.29 is 9.72 Å². The Balaban J connectivity index is 2.27. The molecule has 0 aliphatic heterocycles. The van der Waals surface area contributed by atoms with Crippen LogP contribution in [0.25, 0.3) is 0 Å². The molecule has 21 heavy (non-hydrogen) atoms. The number of rotatable bonds is 3. The molecule has 1 amide bonds. The first-order valence-corrected chi connectivity index (χ1v) is 6.44. The minimum Gasteiger partial charge on any atom is -0.321 e. The summed E-state index contributed by atoms with van der Waals surface area (Å²) in [5.74, 6) is -0.440. The lowest BCUT2D eigenvalue weighted by Gasteiger charge is -2.07. The largest absolute Gasteiger partial charge is 0.321 e. The first-order chi connectivity index (χ1) is 9.86. The number of amides is 1. The molecule has 1 N–H and O–H groups in total. The predicted octanol–water partition coefficient (Wildman–Crippen LogP) is 3.51. The van der Waals surface area contributed by atoms with Gasteiger partial charge in [-0.25, -0.2) is 4.98 Å². The van der Waals surface area contributed by atoms with E-state index in [0.717, 1.165) is 5.56 Å². The normalized spacial score (nSPS) is 10.2. The van der Waals surface area contributed by atoms with Gasteiger partial charge < -0.3 is 5.32 Å². The molecule has 1 aromatic heterocycles. The van der Waals surface area contributed by atoms with Crippen molar-refractivity contribution >= 4 is 28.9 Å². The van der Waals surface area contributed by atoms with E-state index in [-0.39, 0.29) is 11.3 Å². The zero-order valence-corrected chi connectivity index (χ0v) is 12.1. The highest BCUT2D eigenvalue weighted by atomic mass is 35.5. The molecule has 2 rings (SSSR count). The monoisotopic (exact) mass is 305 g/mol. The number of benzene rings is 1. The van der Waals surface area contributed by atoms with Gasteiger partial charge in [0.2, 0.25) is 0 Å². The van der Waals surface area contributed by atoms with Crippen LogP contribution in [0.5, 0.6) is 0 Å². The van der Waals surface area contributed by atoms with Crippen LogP contribution in [0.1, 0.15) is 21.5 Å². The molecule has 108 valence electrons. The molecule has 0 bridgehead atoms. The second-order valence-corrected chi connectivity index (χ2v) is 4.96. The van der Waals surface area contributed by atoms with Gasteiger partial charge >= 0.3 is 0 Å². The predicted molar refractivity (Wildman–Crippen MR) is 79.8 cm³/mol. The molecule has 0 unspecified atom stereocenters. The zero-order valence-electron chi connectivity index (χ0n) is 11.4. The number of non-ortho nitro benzene ring substituents is 1. The number of aromatic nitrogens is 1. The fourth-order valence-electron chi connectivity index (χ4n) is 1.83. The van der Waals surface area contributed by atoms with Gasteiger partial charge in [0.15, 0.2) is 0 Å². The van der Waals surface area contributed by atoms with Gasteiger partial charge in [-0.1, -0.05) is 11.6 Å². The van der Waals surface area contributed by atoms with Crippen molar-refractivity contribution in [2.24, 2.45) is 0 Å². The van der Waals surface area contributed by atoms with E-state index in [4.69, 9.17) is 11.6 Å². The zero-order chi connectivity index (χ0) is 15.6. The van der Waals surface area contributed by atoms with Crippen LogP contribution in [0.3, 0.4) is 0 Å². The number of hydrogen-bond acceptors (Lipinski definition) is 4. The Morgan fingerprint density at radius 3 is 2.62 bits per heavy atom. The van der Waals surface area contributed by atoms with Crippen LogP contribution in [-0.4, -0.2) is 15.8 Å². The van der Waals surface area contributed by atoms with Crippen LogP contribution in [-0.2, 0) is 0 Å². The minimum absolute atomic E-state index is 0.120. The highest BCUT2D eigenvalue weighted by Gasteiger charge is 2.14. The summed E-state index contributed by atoms with van der Waals surface area (Å²) in [6.45, 7) is 3.46. The summed E-state index contributed by atoms with van der Waals surface area (Å²) >= 11 is 5.81. The number of nitrogens with one attached hydrogen (secondary N) is 1. The van der Waals surface area contributed by atoms with Crippen molar-refractivity contribution in [3.63, 3.8) is 0 Å². The quantitative estimate of drug-likeness (QED) is 0.534. The molecule has 0 radical (unpaired) electrons. The summed E-state index contributed by atoms with van der Waals surface area (Å²) in [4.78, 5) is 26.4. The van der Waals surface area contributed by atoms with Crippen LogP contribution in [0.4, 0.5) is 11.4 Å². The first-order valence-electron chi connectivity index (χ1n) is 6.06. The van der Waals surface area contributed by atoms with Crippen molar-refractivity contribution in [2.75, 3.05) is 5.32 Å². The third-order valence-corrected chi connectivity index (χ3v) is 3.20. The maximum absolute atomic E-state index is 12.1. The average Bonchev–Trinajstić information content (AvgIpc) is 2.42. The molecule has 0 fully saturated rings. The van der Waals surface area contributed by atoms with Crippen LogP contribution >= 0.6 is 11.6 Å². The smallest absolute Gasteiger partial charge is 0.270 e. The number of pyridine rings is 1. The van der Waals surface area contributed by atoms with Gasteiger partial charge in [0.1, 0.15) is 5.15 Å². The van der Waals surface area contributed by atoms with Crippen molar-refractivity contribution in [3.8, 4) is 0 Å². The molecule has 2 aromatic rings. The lowest BCUT2D eigenvalue weighted by atomic mass is 10.1. The molecule has 0 atom stereocenters. The second kappa shape index (κ2) is 5.88. The lowest BCUT2D eigenvalue weighted by molar-refractivity contribution is -0.384. The first kappa shape index (κ1) is 14.9. The van der Waals surface area contributed by atoms with Crippen LogP contribution < -0.4 is 5.32 Å². The van der Waals surface area contributed by atoms with Gasteiger partial charge in [-0.05, 0) is 37.1 Å². The van der Waals surface area contributed by atoms with E-state index in [2.05, 4.69) is 10.3 Å². The van der Waals surface area contributed by atoms with E-state index in [0.29, 0.717) is 16.4 Å². The summed E-state index contributed by atoms with van der Waals surface area (Å²) < 4.78 is 0. The minimum atomic E-state index is -0.530. The maximum atomic E-state index is 12.1. The number of anilines is 1. The third kappa shape index (κ3) is 3.55. The Morgan fingerprint density at radius 1 is 1.29 bits per heavy atom. The molecule has 6 nitrogen and oxygen atoms in total. The molecule has 0 aliphatic rings. The van der Waals surface area contributed by atoms with Crippen molar-refractivity contribution in [1.82, 2.24) is 4.98 Å². The van der Waals surface area contributed by atoms with E-state index in [1.807, 2.05) is 0 Å². The fourth-order valence-corrected chi connectivity index (χ4v) is 1.93. The van der Waals surface area contributed by atoms with E-state index >= 15 is 0 Å². The van der Waals surface area contributed by atoms with Crippen molar-refractivity contribution in [2.45, 2.75) is 13.8 Å². The lowest BCUT2D eigenvalue weighted by Crippen LogP contribution is -2.13. The van der Waals surface area contributed by atoms with Crippen LogP contribution in [0.15, 0.2) is 30.5 Å². The highest BCUT2D eigenvalue weighted by Crippen LogP contribution is 2.20. The summed E-state index contributed by atoms with van der Waals surface area (Å²) in [5, 5.41) is 13.8.